The summed E-state index contributed by atoms with van der Waals surface area (Å²) in [6.45, 7) is 6.15. The summed E-state index contributed by atoms with van der Waals surface area (Å²) in [4.78, 5) is 23.8. The van der Waals surface area contributed by atoms with E-state index in [1.807, 2.05) is 43.0 Å². The van der Waals surface area contributed by atoms with Gasteiger partial charge in [0.2, 0.25) is 5.91 Å². The number of aryl methyl sites for hydroxylation is 2. The number of aromatic nitrogens is 4. The van der Waals surface area contributed by atoms with Crippen LogP contribution in [0, 0.1) is 13.8 Å². The van der Waals surface area contributed by atoms with Gasteiger partial charge in [-0.25, -0.2) is 9.50 Å². The van der Waals surface area contributed by atoms with Crippen molar-refractivity contribution in [2.24, 2.45) is 0 Å². The second kappa shape index (κ2) is 8.16. The maximum absolute atomic E-state index is 13.2. The first kappa shape index (κ1) is 19.3. The summed E-state index contributed by atoms with van der Waals surface area (Å²) in [5.41, 5.74) is 3.98. The van der Waals surface area contributed by atoms with Crippen molar-refractivity contribution in [2.45, 2.75) is 32.7 Å². The molecule has 8 heteroatoms. The molecule has 152 valence electrons. The fraction of sp³-hybridized carbons (Fsp3) is 0.429. The van der Waals surface area contributed by atoms with Crippen LogP contribution in [-0.4, -0.2) is 57.1 Å². The molecule has 3 aromatic rings. The summed E-state index contributed by atoms with van der Waals surface area (Å²) < 4.78 is 7.26. The number of carbonyl (C=O) groups is 1. The molecule has 0 radical (unpaired) electrons. The Morgan fingerprint density at radius 2 is 2.14 bits per heavy atom. The minimum absolute atomic E-state index is 0.0366. The number of benzene rings is 1. The van der Waals surface area contributed by atoms with Crippen molar-refractivity contribution in [1.82, 2.24) is 29.8 Å². The maximum Gasteiger partial charge on any atom is 0.252 e. The molecule has 2 aromatic heterocycles. The van der Waals surface area contributed by atoms with Gasteiger partial charge in [0.15, 0.2) is 0 Å². The van der Waals surface area contributed by atoms with E-state index in [0.29, 0.717) is 25.2 Å². The standard InChI is InChI=1S/C21H26N6O2/c1-14-16(15(2)27-21(25-14)23-13-24-27)8-9-20(28)26-11-10-22-12-18(26)17-6-4-5-7-19(17)29-3/h4-7,13,18,22H,8-12H2,1-3H3. The summed E-state index contributed by atoms with van der Waals surface area (Å²) >= 11 is 0. The van der Waals surface area contributed by atoms with Gasteiger partial charge >= 0.3 is 0 Å². The van der Waals surface area contributed by atoms with E-state index < -0.39 is 0 Å². The molecule has 1 amide bonds. The van der Waals surface area contributed by atoms with Crippen molar-refractivity contribution in [1.29, 1.82) is 0 Å². The number of hydrogen-bond acceptors (Lipinski definition) is 6. The number of fused-ring (bicyclic) bond motifs is 1. The average Bonchev–Trinajstić information content (AvgIpc) is 3.22. The van der Waals surface area contributed by atoms with Crippen LogP contribution in [0.1, 0.15) is 35.0 Å². The summed E-state index contributed by atoms with van der Waals surface area (Å²) in [6.07, 6.45) is 2.55. The van der Waals surface area contributed by atoms with Gasteiger partial charge in [-0.1, -0.05) is 18.2 Å². The van der Waals surface area contributed by atoms with Gasteiger partial charge in [-0.3, -0.25) is 4.79 Å². The van der Waals surface area contributed by atoms with E-state index in [-0.39, 0.29) is 11.9 Å². The lowest BCUT2D eigenvalue weighted by atomic mass is 10.0. The van der Waals surface area contributed by atoms with Crippen LogP contribution in [0.5, 0.6) is 5.75 Å². The minimum atomic E-state index is -0.0366. The maximum atomic E-state index is 13.2. The fourth-order valence-corrected chi connectivity index (χ4v) is 4.12. The van der Waals surface area contributed by atoms with E-state index in [1.165, 1.54) is 6.33 Å². The van der Waals surface area contributed by atoms with Crippen molar-refractivity contribution in [3.63, 3.8) is 0 Å². The largest absolute Gasteiger partial charge is 0.496 e. The van der Waals surface area contributed by atoms with Gasteiger partial charge in [-0.05, 0) is 31.9 Å². The molecule has 0 aliphatic carbocycles. The number of nitrogens with one attached hydrogen (secondary N) is 1. The third kappa shape index (κ3) is 3.67. The molecule has 1 atom stereocenters. The van der Waals surface area contributed by atoms with E-state index in [4.69, 9.17) is 4.74 Å². The highest BCUT2D eigenvalue weighted by molar-refractivity contribution is 5.77. The van der Waals surface area contributed by atoms with Crippen molar-refractivity contribution in [3.8, 4) is 5.75 Å². The zero-order valence-electron chi connectivity index (χ0n) is 17.1. The molecule has 1 aliphatic rings. The molecule has 1 aromatic carbocycles. The normalized spacial score (nSPS) is 16.9. The van der Waals surface area contributed by atoms with Crippen LogP contribution in [0.15, 0.2) is 30.6 Å². The third-order valence-corrected chi connectivity index (χ3v) is 5.64. The first-order chi connectivity index (χ1) is 14.1. The Hall–Kier alpha value is -3.00. The predicted octanol–water partition coefficient (Wildman–Crippen LogP) is 1.86. The van der Waals surface area contributed by atoms with Gasteiger partial charge < -0.3 is 15.0 Å². The quantitative estimate of drug-likeness (QED) is 0.711. The molecule has 8 nitrogen and oxygen atoms in total. The molecule has 0 saturated carbocycles. The zero-order chi connectivity index (χ0) is 20.4. The summed E-state index contributed by atoms with van der Waals surface area (Å²) in [5, 5.41) is 7.63. The number of hydrogen-bond donors (Lipinski definition) is 1. The van der Waals surface area contributed by atoms with Crippen LogP contribution >= 0.6 is 0 Å². The number of ether oxygens (including phenoxy) is 1. The van der Waals surface area contributed by atoms with E-state index in [0.717, 1.165) is 41.4 Å². The van der Waals surface area contributed by atoms with Gasteiger partial charge in [-0.2, -0.15) is 10.1 Å². The number of rotatable bonds is 5. The van der Waals surface area contributed by atoms with Gasteiger partial charge in [0.25, 0.3) is 5.78 Å². The smallest absolute Gasteiger partial charge is 0.252 e. The lowest BCUT2D eigenvalue weighted by Crippen LogP contribution is -2.48. The SMILES string of the molecule is COc1ccccc1C1CNCCN1C(=O)CCc1c(C)nc2ncnn2c1C. The molecule has 0 bridgehead atoms. The molecular weight excluding hydrogens is 368 g/mol. The van der Waals surface area contributed by atoms with Crippen molar-refractivity contribution >= 4 is 11.7 Å². The Bertz CT molecular complexity index is 1030. The van der Waals surface area contributed by atoms with Gasteiger partial charge in [0, 0.05) is 43.0 Å². The second-order valence-electron chi connectivity index (χ2n) is 7.28. The number of nitrogens with zero attached hydrogens (tertiary/aromatic N) is 5. The number of piperazine rings is 1. The highest BCUT2D eigenvalue weighted by Gasteiger charge is 2.29. The highest BCUT2D eigenvalue weighted by atomic mass is 16.5. The highest BCUT2D eigenvalue weighted by Crippen LogP contribution is 2.30. The van der Waals surface area contributed by atoms with Crippen molar-refractivity contribution in [2.75, 3.05) is 26.7 Å². The first-order valence-corrected chi connectivity index (χ1v) is 9.89. The summed E-state index contributed by atoms with van der Waals surface area (Å²) in [6, 6.07) is 7.88. The summed E-state index contributed by atoms with van der Waals surface area (Å²) in [5.74, 6) is 1.54. The zero-order valence-corrected chi connectivity index (χ0v) is 17.1. The summed E-state index contributed by atoms with van der Waals surface area (Å²) in [7, 11) is 1.67. The fourth-order valence-electron chi connectivity index (χ4n) is 4.12. The third-order valence-electron chi connectivity index (χ3n) is 5.64. The van der Waals surface area contributed by atoms with Crippen LogP contribution < -0.4 is 10.1 Å². The monoisotopic (exact) mass is 394 g/mol. The van der Waals surface area contributed by atoms with E-state index >= 15 is 0 Å². The Morgan fingerprint density at radius 3 is 2.97 bits per heavy atom. The molecule has 1 fully saturated rings. The van der Waals surface area contributed by atoms with Gasteiger partial charge in [-0.15, -0.1) is 0 Å². The molecule has 0 spiro atoms. The predicted molar refractivity (Wildman–Crippen MR) is 109 cm³/mol. The van der Waals surface area contributed by atoms with Gasteiger partial charge in [0.05, 0.1) is 13.2 Å². The Balaban J connectivity index is 1.54. The topological polar surface area (TPSA) is 84.6 Å². The van der Waals surface area contributed by atoms with Crippen molar-refractivity contribution < 1.29 is 9.53 Å². The number of para-hydroxylation sites is 1. The van der Waals surface area contributed by atoms with E-state index in [9.17, 15) is 4.79 Å². The molecule has 4 rings (SSSR count). The molecule has 29 heavy (non-hydrogen) atoms. The number of amides is 1. The van der Waals surface area contributed by atoms with E-state index in [1.54, 1.807) is 11.6 Å². The van der Waals surface area contributed by atoms with Gasteiger partial charge in [0.1, 0.15) is 12.1 Å². The Kier molecular flexibility index (Phi) is 5.44. The Morgan fingerprint density at radius 1 is 1.31 bits per heavy atom. The molecule has 1 aliphatic heterocycles. The molecule has 1 N–H and O–H groups in total. The second-order valence-corrected chi connectivity index (χ2v) is 7.28. The van der Waals surface area contributed by atoms with E-state index in [2.05, 4.69) is 20.4 Å². The minimum Gasteiger partial charge on any atom is -0.496 e. The van der Waals surface area contributed by atoms with Crippen LogP contribution in [0.4, 0.5) is 0 Å². The van der Waals surface area contributed by atoms with Crippen LogP contribution in [-0.2, 0) is 11.2 Å². The Labute approximate surface area is 169 Å². The number of methoxy groups -OCH3 is 1. The first-order valence-electron chi connectivity index (χ1n) is 9.89. The molecule has 1 unspecified atom stereocenters. The number of carbonyl (C=O) groups excluding carboxylic acids is 1. The van der Waals surface area contributed by atoms with Crippen LogP contribution in [0.3, 0.4) is 0 Å². The van der Waals surface area contributed by atoms with Crippen LogP contribution in [0.2, 0.25) is 0 Å². The molecule has 1 saturated heterocycles. The lowest BCUT2D eigenvalue weighted by Gasteiger charge is -2.37. The lowest BCUT2D eigenvalue weighted by molar-refractivity contribution is -0.134. The van der Waals surface area contributed by atoms with Crippen molar-refractivity contribution in [3.05, 3.63) is 53.1 Å². The molecule has 3 heterocycles. The van der Waals surface area contributed by atoms with Crippen LogP contribution in [0.25, 0.3) is 5.78 Å². The average molecular weight is 394 g/mol. The molecular formula is C21H26N6O2.